The van der Waals surface area contributed by atoms with Crippen molar-refractivity contribution in [1.29, 1.82) is 0 Å². The minimum Gasteiger partial charge on any atom is -0.445 e. The summed E-state index contributed by atoms with van der Waals surface area (Å²) in [6.07, 6.45) is 0.0605. The standard InChI is InChI=1S/C31H35N3O5/c1-31(2,3)39-30(37)33-26-19-25(26)23-14-16-24(17-15-23)32-28(35)27(18-21-10-6-4-7-11-21)34-29(36)38-20-22-12-8-5-9-13-22/h4-17,25-27H,18-20H2,1-3H3,(H,32,35)(H,33,37)(H,34,36). The van der Waals surface area contributed by atoms with E-state index in [1.165, 1.54) is 0 Å². The molecule has 3 atom stereocenters. The second-order valence-corrected chi connectivity index (χ2v) is 10.7. The predicted molar refractivity (Wildman–Crippen MR) is 149 cm³/mol. The smallest absolute Gasteiger partial charge is 0.408 e. The van der Waals surface area contributed by atoms with Gasteiger partial charge in [0.15, 0.2) is 0 Å². The fourth-order valence-corrected chi connectivity index (χ4v) is 4.19. The molecule has 8 heteroatoms. The summed E-state index contributed by atoms with van der Waals surface area (Å²) in [4.78, 5) is 37.8. The van der Waals surface area contributed by atoms with Gasteiger partial charge in [0.05, 0.1) is 0 Å². The molecule has 0 aromatic heterocycles. The Bertz CT molecular complexity index is 1260. The molecule has 0 bridgehead atoms. The van der Waals surface area contributed by atoms with Gasteiger partial charge in [-0.3, -0.25) is 4.79 Å². The van der Waals surface area contributed by atoms with Crippen LogP contribution in [0.3, 0.4) is 0 Å². The highest BCUT2D eigenvalue weighted by molar-refractivity contribution is 5.96. The summed E-state index contributed by atoms with van der Waals surface area (Å²) in [7, 11) is 0. The van der Waals surface area contributed by atoms with E-state index in [4.69, 9.17) is 9.47 Å². The van der Waals surface area contributed by atoms with Gasteiger partial charge in [-0.25, -0.2) is 9.59 Å². The molecule has 3 unspecified atom stereocenters. The molecule has 0 aliphatic heterocycles. The summed E-state index contributed by atoms with van der Waals surface area (Å²) in [6, 6.07) is 25.6. The van der Waals surface area contributed by atoms with Crippen molar-refractivity contribution in [1.82, 2.24) is 10.6 Å². The van der Waals surface area contributed by atoms with Crippen LogP contribution in [-0.2, 0) is 27.3 Å². The molecule has 8 nitrogen and oxygen atoms in total. The lowest BCUT2D eigenvalue weighted by atomic mass is 10.1. The monoisotopic (exact) mass is 529 g/mol. The molecule has 204 valence electrons. The lowest BCUT2D eigenvalue weighted by molar-refractivity contribution is -0.118. The SMILES string of the molecule is CC(C)(C)OC(=O)NC1CC1c1ccc(NC(=O)C(Cc2ccccc2)NC(=O)OCc2ccccc2)cc1. The summed E-state index contributed by atoms with van der Waals surface area (Å²) in [6.45, 7) is 5.60. The molecule has 3 amide bonds. The van der Waals surface area contributed by atoms with Gasteiger partial charge >= 0.3 is 12.2 Å². The second kappa shape index (κ2) is 12.5. The average molecular weight is 530 g/mol. The zero-order chi connectivity index (χ0) is 27.8. The van der Waals surface area contributed by atoms with Gasteiger partial charge < -0.3 is 25.4 Å². The number of ether oxygens (including phenoxy) is 2. The van der Waals surface area contributed by atoms with Crippen LogP contribution in [0, 0.1) is 0 Å². The van der Waals surface area contributed by atoms with E-state index >= 15 is 0 Å². The van der Waals surface area contributed by atoms with E-state index in [0.29, 0.717) is 12.1 Å². The molecular weight excluding hydrogens is 494 g/mol. The minimum absolute atomic E-state index is 0.0293. The van der Waals surface area contributed by atoms with Crippen LogP contribution in [0.15, 0.2) is 84.9 Å². The first-order valence-electron chi connectivity index (χ1n) is 13.1. The molecule has 0 saturated heterocycles. The van der Waals surface area contributed by atoms with Gasteiger partial charge in [-0.15, -0.1) is 0 Å². The van der Waals surface area contributed by atoms with Gasteiger partial charge in [-0.1, -0.05) is 72.8 Å². The highest BCUT2D eigenvalue weighted by atomic mass is 16.6. The third-order valence-corrected chi connectivity index (χ3v) is 6.20. The average Bonchev–Trinajstić information content (AvgIpc) is 3.66. The van der Waals surface area contributed by atoms with Crippen molar-refractivity contribution in [2.45, 2.75) is 63.8 Å². The van der Waals surface area contributed by atoms with Crippen molar-refractivity contribution in [2.24, 2.45) is 0 Å². The van der Waals surface area contributed by atoms with E-state index in [1.807, 2.05) is 106 Å². The molecule has 4 rings (SSSR count). The molecule has 1 aliphatic rings. The van der Waals surface area contributed by atoms with Crippen molar-refractivity contribution < 1.29 is 23.9 Å². The van der Waals surface area contributed by atoms with Gasteiger partial charge in [0.2, 0.25) is 5.91 Å². The molecule has 0 heterocycles. The molecule has 1 aliphatic carbocycles. The van der Waals surface area contributed by atoms with Gasteiger partial charge in [0.25, 0.3) is 0 Å². The molecule has 1 saturated carbocycles. The summed E-state index contributed by atoms with van der Waals surface area (Å²) >= 11 is 0. The van der Waals surface area contributed by atoms with Crippen molar-refractivity contribution in [3.63, 3.8) is 0 Å². The maximum atomic E-state index is 13.2. The van der Waals surface area contributed by atoms with Crippen molar-refractivity contribution in [3.05, 3.63) is 102 Å². The molecular formula is C31H35N3O5. The van der Waals surface area contributed by atoms with Crippen molar-refractivity contribution in [2.75, 3.05) is 5.32 Å². The fourth-order valence-electron chi connectivity index (χ4n) is 4.19. The highest BCUT2D eigenvalue weighted by Crippen LogP contribution is 2.41. The first kappa shape index (κ1) is 27.7. The number of carbonyl (C=O) groups is 3. The van der Waals surface area contributed by atoms with Crippen LogP contribution in [0.4, 0.5) is 15.3 Å². The molecule has 39 heavy (non-hydrogen) atoms. The van der Waals surface area contributed by atoms with Crippen LogP contribution in [0.2, 0.25) is 0 Å². The van der Waals surface area contributed by atoms with Gasteiger partial charge in [0.1, 0.15) is 18.2 Å². The van der Waals surface area contributed by atoms with Crippen LogP contribution in [0.5, 0.6) is 0 Å². The zero-order valence-corrected chi connectivity index (χ0v) is 22.5. The van der Waals surface area contributed by atoms with E-state index in [0.717, 1.165) is 23.1 Å². The Morgan fingerprint density at radius 3 is 2.08 bits per heavy atom. The normalized spacial score (nSPS) is 16.9. The van der Waals surface area contributed by atoms with Crippen molar-refractivity contribution in [3.8, 4) is 0 Å². The van der Waals surface area contributed by atoms with E-state index in [1.54, 1.807) is 0 Å². The largest absolute Gasteiger partial charge is 0.445 e. The highest BCUT2D eigenvalue weighted by Gasteiger charge is 2.40. The van der Waals surface area contributed by atoms with Crippen LogP contribution >= 0.6 is 0 Å². The lowest BCUT2D eigenvalue weighted by Gasteiger charge is -2.19. The quantitative estimate of drug-likeness (QED) is 0.337. The Hall–Kier alpha value is -4.33. The number of rotatable bonds is 9. The Kier molecular flexibility index (Phi) is 8.86. The maximum Gasteiger partial charge on any atom is 0.408 e. The van der Waals surface area contributed by atoms with E-state index in [-0.39, 0.29) is 24.5 Å². The van der Waals surface area contributed by atoms with Gasteiger partial charge in [0, 0.05) is 24.1 Å². The van der Waals surface area contributed by atoms with Crippen LogP contribution in [0.25, 0.3) is 0 Å². The number of benzene rings is 3. The lowest BCUT2D eigenvalue weighted by Crippen LogP contribution is -2.45. The Labute approximate surface area is 229 Å². The van der Waals surface area contributed by atoms with E-state index < -0.39 is 23.8 Å². The first-order valence-corrected chi connectivity index (χ1v) is 13.1. The third kappa shape index (κ3) is 8.88. The van der Waals surface area contributed by atoms with Gasteiger partial charge in [-0.05, 0) is 56.0 Å². The molecule has 0 spiro atoms. The Morgan fingerprint density at radius 2 is 1.46 bits per heavy atom. The Balaban J connectivity index is 1.33. The van der Waals surface area contributed by atoms with E-state index in [9.17, 15) is 14.4 Å². The summed E-state index contributed by atoms with van der Waals surface area (Å²) in [5, 5.41) is 8.51. The molecule has 0 radical (unpaired) electrons. The summed E-state index contributed by atoms with van der Waals surface area (Å²) in [5.41, 5.74) is 2.90. The number of hydrogen-bond donors (Lipinski definition) is 3. The molecule has 3 aromatic carbocycles. The number of anilines is 1. The second-order valence-electron chi connectivity index (χ2n) is 10.7. The van der Waals surface area contributed by atoms with Gasteiger partial charge in [-0.2, -0.15) is 0 Å². The minimum atomic E-state index is -0.832. The van der Waals surface area contributed by atoms with Crippen LogP contribution < -0.4 is 16.0 Å². The van der Waals surface area contributed by atoms with Crippen LogP contribution in [-0.4, -0.2) is 35.8 Å². The van der Waals surface area contributed by atoms with Crippen molar-refractivity contribution >= 4 is 23.8 Å². The maximum absolute atomic E-state index is 13.2. The molecule has 1 fully saturated rings. The predicted octanol–water partition coefficient (Wildman–Crippen LogP) is 5.54. The van der Waals surface area contributed by atoms with Crippen LogP contribution in [0.1, 0.15) is 49.8 Å². The number of amides is 3. The zero-order valence-electron chi connectivity index (χ0n) is 22.5. The topological polar surface area (TPSA) is 106 Å². The fraction of sp³-hybridized carbons (Fsp3) is 0.323. The number of nitrogens with one attached hydrogen (secondary N) is 3. The third-order valence-electron chi connectivity index (χ3n) is 6.20. The first-order chi connectivity index (χ1) is 18.7. The number of carbonyl (C=O) groups excluding carboxylic acids is 3. The number of hydrogen-bond acceptors (Lipinski definition) is 5. The summed E-state index contributed by atoms with van der Waals surface area (Å²) < 4.78 is 10.7. The summed E-state index contributed by atoms with van der Waals surface area (Å²) in [5.74, 6) is -0.145. The molecule has 3 N–H and O–H groups in total. The Morgan fingerprint density at radius 1 is 0.846 bits per heavy atom. The molecule has 3 aromatic rings. The van der Waals surface area contributed by atoms with E-state index in [2.05, 4.69) is 16.0 Å². The number of alkyl carbamates (subject to hydrolysis) is 2.